The van der Waals surface area contributed by atoms with Gasteiger partial charge in [-0.2, -0.15) is 0 Å². The first kappa shape index (κ1) is 13.7. The van der Waals surface area contributed by atoms with Crippen molar-refractivity contribution < 1.29 is 4.74 Å². The highest BCUT2D eigenvalue weighted by atomic mass is 35.5. The zero-order chi connectivity index (χ0) is 12.8. The second kappa shape index (κ2) is 7.01. The molecule has 2 rings (SSSR count). The quantitative estimate of drug-likeness (QED) is 0.729. The molecule has 18 heavy (non-hydrogen) atoms. The first-order valence-electron chi connectivity index (χ1n) is 6.76. The van der Waals surface area contributed by atoms with Gasteiger partial charge in [0.2, 0.25) is 0 Å². The van der Waals surface area contributed by atoms with Crippen molar-refractivity contribution in [2.45, 2.75) is 38.3 Å². The number of rotatable bonds is 6. The molecule has 1 atom stereocenters. The predicted octanol–water partition coefficient (Wildman–Crippen LogP) is 3.68. The number of hydrogen-bond donors (Lipinski definition) is 0. The van der Waals surface area contributed by atoms with Gasteiger partial charge in [0.25, 0.3) is 0 Å². The molecular formula is C15H22ClNO. The highest BCUT2D eigenvalue weighted by molar-refractivity contribution is 6.17. The summed E-state index contributed by atoms with van der Waals surface area (Å²) in [5.74, 6) is 1.73. The summed E-state index contributed by atoms with van der Waals surface area (Å²) in [7, 11) is 1.72. The van der Waals surface area contributed by atoms with Crippen LogP contribution in [0.2, 0.25) is 0 Å². The smallest absolute Gasteiger partial charge is 0.119 e. The largest absolute Gasteiger partial charge is 0.497 e. The summed E-state index contributed by atoms with van der Waals surface area (Å²) in [6, 6.07) is 9.10. The molecule has 1 unspecified atom stereocenters. The van der Waals surface area contributed by atoms with Gasteiger partial charge >= 0.3 is 0 Å². The van der Waals surface area contributed by atoms with Gasteiger partial charge in [-0.15, -0.1) is 11.6 Å². The average Bonchev–Trinajstić information content (AvgIpc) is 2.84. The number of nitrogens with zero attached hydrogens (tertiary/aromatic N) is 1. The van der Waals surface area contributed by atoms with Crippen LogP contribution in [0, 0.1) is 0 Å². The molecule has 1 aliphatic heterocycles. The van der Waals surface area contributed by atoms with E-state index >= 15 is 0 Å². The summed E-state index contributed by atoms with van der Waals surface area (Å²) in [6.07, 6.45) is 4.99. The molecule has 0 amide bonds. The van der Waals surface area contributed by atoms with Gasteiger partial charge in [0.1, 0.15) is 5.75 Å². The molecule has 0 aromatic heterocycles. The van der Waals surface area contributed by atoms with Crippen LogP contribution in [-0.2, 0) is 6.54 Å². The fraction of sp³-hybridized carbons (Fsp3) is 0.600. The first-order valence-corrected chi connectivity index (χ1v) is 7.30. The number of halogens is 1. The molecule has 0 radical (unpaired) electrons. The van der Waals surface area contributed by atoms with Crippen LogP contribution in [-0.4, -0.2) is 30.5 Å². The van der Waals surface area contributed by atoms with Gasteiger partial charge in [-0.05, 0) is 49.9 Å². The number of ether oxygens (including phenoxy) is 1. The Kier molecular flexibility index (Phi) is 5.33. The monoisotopic (exact) mass is 267 g/mol. The standard InChI is InChI=1S/C15H22ClNO/c1-18-15-8-2-5-13(11-15)12-17-10-4-7-14(17)6-3-9-16/h2,5,8,11,14H,3-4,6-7,9-10,12H2,1H3. The lowest BCUT2D eigenvalue weighted by Crippen LogP contribution is -2.28. The Morgan fingerprint density at radius 3 is 3.11 bits per heavy atom. The lowest BCUT2D eigenvalue weighted by Gasteiger charge is -2.24. The normalized spacial score (nSPS) is 20.2. The fourth-order valence-corrected chi connectivity index (χ4v) is 2.90. The Morgan fingerprint density at radius 2 is 2.33 bits per heavy atom. The first-order chi connectivity index (χ1) is 8.83. The Hall–Kier alpha value is -0.730. The van der Waals surface area contributed by atoms with E-state index in [-0.39, 0.29) is 0 Å². The second-order valence-electron chi connectivity index (χ2n) is 4.95. The second-order valence-corrected chi connectivity index (χ2v) is 5.33. The third-order valence-corrected chi connectivity index (χ3v) is 3.96. The fourth-order valence-electron chi connectivity index (χ4n) is 2.75. The Balaban J connectivity index is 1.94. The van der Waals surface area contributed by atoms with Gasteiger partial charge in [-0.25, -0.2) is 0 Å². The molecule has 0 saturated carbocycles. The van der Waals surface area contributed by atoms with E-state index in [0.717, 1.165) is 30.6 Å². The predicted molar refractivity (Wildman–Crippen MR) is 76.4 cm³/mol. The van der Waals surface area contributed by atoms with Crippen molar-refractivity contribution in [1.82, 2.24) is 4.90 Å². The van der Waals surface area contributed by atoms with Crippen LogP contribution in [0.25, 0.3) is 0 Å². The molecule has 3 heteroatoms. The van der Waals surface area contributed by atoms with Crippen LogP contribution >= 0.6 is 11.6 Å². The Morgan fingerprint density at radius 1 is 1.44 bits per heavy atom. The van der Waals surface area contributed by atoms with Crippen LogP contribution in [0.15, 0.2) is 24.3 Å². The minimum absolute atomic E-state index is 0.718. The molecule has 1 aromatic rings. The molecule has 0 spiro atoms. The molecular weight excluding hydrogens is 246 g/mol. The van der Waals surface area contributed by atoms with Crippen molar-refractivity contribution in [3.8, 4) is 5.75 Å². The van der Waals surface area contributed by atoms with E-state index in [4.69, 9.17) is 16.3 Å². The summed E-state index contributed by atoms with van der Waals surface area (Å²) in [5.41, 5.74) is 1.34. The van der Waals surface area contributed by atoms with Crippen molar-refractivity contribution >= 4 is 11.6 Å². The molecule has 0 N–H and O–H groups in total. The maximum atomic E-state index is 5.79. The van der Waals surface area contributed by atoms with Crippen molar-refractivity contribution in [1.29, 1.82) is 0 Å². The van der Waals surface area contributed by atoms with Gasteiger partial charge in [0.05, 0.1) is 7.11 Å². The van der Waals surface area contributed by atoms with Crippen molar-refractivity contribution in [3.05, 3.63) is 29.8 Å². The van der Waals surface area contributed by atoms with E-state index in [1.165, 1.54) is 31.4 Å². The summed E-state index contributed by atoms with van der Waals surface area (Å²) in [6.45, 7) is 2.24. The molecule has 0 aliphatic carbocycles. The van der Waals surface area contributed by atoms with Gasteiger partial charge in [0.15, 0.2) is 0 Å². The van der Waals surface area contributed by atoms with Crippen molar-refractivity contribution in [2.24, 2.45) is 0 Å². The van der Waals surface area contributed by atoms with E-state index in [2.05, 4.69) is 23.1 Å². The van der Waals surface area contributed by atoms with Crippen molar-refractivity contribution in [2.75, 3.05) is 19.5 Å². The van der Waals surface area contributed by atoms with Gasteiger partial charge in [-0.3, -0.25) is 4.90 Å². The van der Waals surface area contributed by atoms with Gasteiger partial charge in [-0.1, -0.05) is 12.1 Å². The number of benzene rings is 1. The SMILES string of the molecule is COc1cccc(CN2CCCC2CCCCl)c1. The highest BCUT2D eigenvalue weighted by Crippen LogP contribution is 2.24. The van der Waals surface area contributed by atoms with Gasteiger partial charge < -0.3 is 4.74 Å². The van der Waals surface area contributed by atoms with Crippen LogP contribution in [0.1, 0.15) is 31.2 Å². The van der Waals surface area contributed by atoms with Gasteiger partial charge in [0, 0.05) is 18.5 Å². The third kappa shape index (κ3) is 3.63. The zero-order valence-electron chi connectivity index (χ0n) is 11.1. The van der Waals surface area contributed by atoms with Crippen molar-refractivity contribution in [3.63, 3.8) is 0 Å². The molecule has 100 valence electrons. The summed E-state index contributed by atoms with van der Waals surface area (Å²) < 4.78 is 5.28. The van der Waals surface area contributed by atoms with E-state index in [1.54, 1.807) is 7.11 Å². The molecule has 1 fully saturated rings. The molecule has 1 saturated heterocycles. The topological polar surface area (TPSA) is 12.5 Å². The van der Waals surface area contributed by atoms with Crippen LogP contribution in [0.5, 0.6) is 5.75 Å². The molecule has 1 aliphatic rings. The minimum Gasteiger partial charge on any atom is -0.497 e. The number of alkyl halides is 1. The lowest BCUT2D eigenvalue weighted by molar-refractivity contribution is 0.233. The average molecular weight is 268 g/mol. The summed E-state index contributed by atoms with van der Waals surface area (Å²) >= 11 is 5.79. The third-order valence-electron chi connectivity index (χ3n) is 3.69. The highest BCUT2D eigenvalue weighted by Gasteiger charge is 2.23. The van der Waals surface area contributed by atoms with Crippen LogP contribution in [0.3, 0.4) is 0 Å². The maximum Gasteiger partial charge on any atom is 0.119 e. The zero-order valence-corrected chi connectivity index (χ0v) is 11.8. The Bertz CT molecular complexity index is 369. The van der Waals surface area contributed by atoms with Crippen LogP contribution < -0.4 is 4.74 Å². The minimum atomic E-state index is 0.718. The summed E-state index contributed by atoms with van der Waals surface area (Å²) in [4.78, 5) is 2.58. The molecule has 1 aromatic carbocycles. The number of likely N-dealkylation sites (tertiary alicyclic amines) is 1. The Labute approximate surface area is 115 Å². The number of methoxy groups -OCH3 is 1. The molecule has 2 nitrogen and oxygen atoms in total. The molecule has 0 bridgehead atoms. The van der Waals surface area contributed by atoms with E-state index < -0.39 is 0 Å². The molecule has 1 heterocycles. The lowest BCUT2D eigenvalue weighted by atomic mass is 10.1. The van der Waals surface area contributed by atoms with Crippen LogP contribution in [0.4, 0.5) is 0 Å². The van der Waals surface area contributed by atoms with E-state index in [0.29, 0.717) is 0 Å². The van der Waals surface area contributed by atoms with E-state index in [1.807, 2.05) is 6.07 Å². The summed E-state index contributed by atoms with van der Waals surface area (Å²) in [5, 5.41) is 0. The number of hydrogen-bond acceptors (Lipinski definition) is 2. The van der Waals surface area contributed by atoms with E-state index in [9.17, 15) is 0 Å². The maximum absolute atomic E-state index is 5.79.